The second kappa shape index (κ2) is 7.96. The Bertz CT molecular complexity index is 326. The van der Waals surface area contributed by atoms with Gasteiger partial charge in [0.05, 0.1) is 14.2 Å². The lowest BCUT2D eigenvalue weighted by Crippen LogP contribution is -2.18. The van der Waals surface area contributed by atoms with Crippen LogP contribution in [0, 0.1) is 0 Å². The lowest BCUT2D eigenvalue weighted by atomic mass is 10.1. The van der Waals surface area contributed by atoms with E-state index in [4.69, 9.17) is 9.47 Å². The van der Waals surface area contributed by atoms with E-state index >= 15 is 0 Å². The first kappa shape index (κ1) is 13.8. The number of methoxy groups -OCH3 is 2. The molecule has 0 saturated carbocycles. The predicted octanol–water partition coefficient (Wildman–Crippen LogP) is 2.64. The van der Waals surface area contributed by atoms with Crippen molar-refractivity contribution in [3.8, 4) is 11.5 Å². The van der Waals surface area contributed by atoms with Crippen LogP contribution in [0.3, 0.4) is 0 Å². The first-order chi connectivity index (χ1) is 8.31. The van der Waals surface area contributed by atoms with Gasteiger partial charge < -0.3 is 14.8 Å². The summed E-state index contributed by atoms with van der Waals surface area (Å²) in [7, 11) is 3.32. The maximum atomic E-state index is 5.28. The summed E-state index contributed by atoms with van der Waals surface area (Å²) in [6.45, 7) is 4.31. The molecule has 0 bridgehead atoms. The van der Waals surface area contributed by atoms with Crippen molar-refractivity contribution in [3.63, 3.8) is 0 Å². The largest absolute Gasteiger partial charge is 0.493 e. The van der Waals surface area contributed by atoms with Crippen molar-refractivity contribution in [1.82, 2.24) is 5.32 Å². The van der Waals surface area contributed by atoms with Crippen LogP contribution in [0.5, 0.6) is 11.5 Å². The molecule has 3 nitrogen and oxygen atoms in total. The van der Waals surface area contributed by atoms with Gasteiger partial charge in [0, 0.05) is 0 Å². The third-order valence-electron chi connectivity index (χ3n) is 2.75. The number of benzene rings is 1. The second-order valence-corrected chi connectivity index (χ2v) is 4.04. The quantitative estimate of drug-likeness (QED) is 0.705. The molecule has 0 radical (unpaired) electrons. The van der Waals surface area contributed by atoms with Crippen molar-refractivity contribution >= 4 is 0 Å². The van der Waals surface area contributed by atoms with Crippen molar-refractivity contribution in [2.45, 2.75) is 26.2 Å². The van der Waals surface area contributed by atoms with Gasteiger partial charge in [-0.3, -0.25) is 0 Å². The highest BCUT2D eigenvalue weighted by Crippen LogP contribution is 2.27. The topological polar surface area (TPSA) is 30.5 Å². The normalized spacial score (nSPS) is 10.3. The Morgan fingerprint density at radius 1 is 1.06 bits per heavy atom. The molecule has 1 N–H and O–H groups in total. The Labute approximate surface area is 104 Å². The summed E-state index contributed by atoms with van der Waals surface area (Å²) in [5.41, 5.74) is 1.27. The molecule has 1 aromatic carbocycles. The molecule has 17 heavy (non-hydrogen) atoms. The number of hydrogen-bond acceptors (Lipinski definition) is 3. The number of rotatable bonds is 8. The minimum absolute atomic E-state index is 0.787. The molecule has 1 rings (SSSR count). The fourth-order valence-electron chi connectivity index (χ4n) is 1.70. The molecule has 96 valence electrons. The van der Waals surface area contributed by atoms with Crippen molar-refractivity contribution in [1.29, 1.82) is 0 Å². The first-order valence-electron chi connectivity index (χ1n) is 6.23. The van der Waals surface area contributed by atoms with Crippen LogP contribution in [-0.4, -0.2) is 27.3 Å². The zero-order chi connectivity index (χ0) is 12.5. The van der Waals surface area contributed by atoms with Crippen LogP contribution in [0.25, 0.3) is 0 Å². The number of nitrogens with one attached hydrogen (secondary N) is 1. The van der Waals surface area contributed by atoms with Gasteiger partial charge in [0.15, 0.2) is 11.5 Å². The van der Waals surface area contributed by atoms with Gasteiger partial charge >= 0.3 is 0 Å². The molecule has 0 aromatic heterocycles. The zero-order valence-electron chi connectivity index (χ0n) is 11.1. The molecule has 0 fully saturated rings. The maximum absolute atomic E-state index is 5.28. The smallest absolute Gasteiger partial charge is 0.160 e. The van der Waals surface area contributed by atoms with Crippen LogP contribution in [0.1, 0.15) is 25.3 Å². The monoisotopic (exact) mass is 237 g/mol. The molecule has 3 heteroatoms. The average Bonchev–Trinajstić information content (AvgIpc) is 2.38. The van der Waals surface area contributed by atoms with Gasteiger partial charge in [-0.15, -0.1) is 0 Å². The van der Waals surface area contributed by atoms with Crippen LogP contribution in [0.2, 0.25) is 0 Å². The summed E-state index contributed by atoms with van der Waals surface area (Å²) < 4.78 is 10.5. The fourth-order valence-corrected chi connectivity index (χ4v) is 1.70. The maximum Gasteiger partial charge on any atom is 0.160 e. The van der Waals surface area contributed by atoms with E-state index in [1.807, 2.05) is 12.1 Å². The predicted molar refractivity (Wildman–Crippen MR) is 71.0 cm³/mol. The zero-order valence-corrected chi connectivity index (χ0v) is 11.1. The minimum atomic E-state index is 0.787. The Balaban J connectivity index is 2.43. The molecule has 0 amide bonds. The Kier molecular flexibility index (Phi) is 6.48. The van der Waals surface area contributed by atoms with Crippen molar-refractivity contribution in [2.75, 3.05) is 27.3 Å². The van der Waals surface area contributed by atoms with E-state index in [1.165, 1.54) is 18.4 Å². The van der Waals surface area contributed by atoms with E-state index in [0.29, 0.717) is 0 Å². The van der Waals surface area contributed by atoms with Gasteiger partial charge in [-0.25, -0.2) is 0 Å². The summed E-state index contributed by atoms with van der Waals surface area (Å²) in [6, 6.07) is 6.09. The van der Waals surface area contributed by atoms with E-state index in [9.17, 15) is 0 Å². The van der Waals surface area contributed by atoms with E-state index in [2.05, 4.69) is 18.3 Å². The van der Waals surface area contributed by atoms with Crippen LogP contribution < -0.4 is 14.8 Å². The van der Waals surface area contributed by atoms with Crippen LogP contribution in [-0.2, 0) is 6.42 Å². The van der Waals surface area contributed by atoms with Gasteiger partial charge in [0.2, 0.25) is 0 Å². The van der Waals surface area contributed by atoms with E-state index in [0.717, 1.165) is 31.0 Å². The summed E-state index contributed by atoms with van der Waals surface area (Å²) >= 11 is 0. The number of ether oxygens (including phenoxy) is 2. The fraction of sp³-hybridized carbons (Fsp3) is 0.571. The summed E-state index contributed by atoms with van der Waals surface area (Å²) in [5, 5.41) is 3.43. The molecule has 0 heterocycles. The van der Waals surface area contributed by atoms with Crippen molar-refractivity contribution in [2.24, 2.45) is 0 Å². The average molecular weight is 237 g/mol. The van der Waals surface area contributed by atoms with Crippen LogP contribution in [0.4, 0.5) is 0 Å². The molecular formula is C14H23NO2. The molecule has 0 aliphatic carbocycles. The Morgan fingerprint density at radius 3 is 2.47 bits per heavy atom. The lowest BCUT2D eigenvalue weighted by molar-refractivity contribution is 0.354. The van der Waals surface area contributed by atoms with Gasteiger partial charge in [0.25, 0.3) is 0 Å². The van der Waals surface area contributed by atoms with Gasteiger partial charge in [0.1, 0.15) is 0 Å². The second-order valence-electron chi connectivity index (χ2n) is 4.04. The van der Waals surface area contributed by atoms with Gasteiger partial charge in [-0.05, 0) is 43.6 Å². The van der Waals surface area contributed by atoms with E-state index < -0.39 is 0 Å². The molecule has 0 saturated heterocycles. The molecule has 1 aromatic rings. The van der Waals surface area contributed by atoms with Gasteiger partial charge in [-0.1, -0.05) is 19.4 Å². The standard InChI is InChI=1S/C14H23NO2/c1-4-5-9-15-10-8-12-6-7-13(16-2)14(11-12)17-3/h6-7,11,15H,4-5,8-10H2,1-3H3. The third kappa shape index (κ3) is 4.65. The van der Waals surface area contributed by atoms with Gasteiger partial charge in [-0.2, -0.15) is 0 Å². The molecule has 0 atom stereocenters. The van der Waals surface area contributed by atoms with E-state index in [-0.39, 0.29) is 0 Å². The Hall–Kier alpha value is -1.22. The van der Waals surface area contributed by atoms with Crippen LogP contribution >= 0.6 is 0 Å². The highest BCUT2D eigenvalue weighted by Gasteiger charge is 2.03. The molecular weight excluding hydrogens is 214 g/mol. The third-order valence-corrected chi connectivity index (χ3v) is 2.75. The highest BCUT2D eigenvalue weighted by molar-refractivity contribution is 5.42. The molecule has 0 aliphatic rings. The first-order valence-corrected chi connectivity index (χ1v) is 6.23. The number of unbranched alkanes of at least 4 members (excludes halogenated alkanes) is 1. The SMILES string of the molecule is CCCCNCCc1ccc(OC)c(OC)c1. The summed E-state index contributed by atoms with van der Waals surface area (Å²) in [6.07, 6.45) is 3.50. The molecule has 0 aliphatic heterocycles. The van der Waals surface area contributed by atoms with Crippen molar-refractivity contribution in [3.05, 3.63) is 23.8 Å². The minimum Gasteiger partial charge on any atom is -0.493 e. The summed E-state index contributed by atoms with van der Waals surface area (Å²) in [5.74, 6) is 1.59. The van der Waals surface area contributed by atoms with E-state index in [1.54, 1.807) is 14.2 Å². The summed E-state index contributed by atoms with van der Waals surface area (Å²) in [4.78, 5) is 0. The molecule has 0 unspecified atom stereocenters. The molecule has 0 spiro atoms. The lowest BCUT2D eigenvalue weighted by Gasteiger charge is -2.10. The van der Waals surface area contributed by atoms with Crippen molar-refractivity contribution < 1.29 is 9.47 Å². The Morgan fingerprint density at radius 2 is 1.82 bits per heavy atom. The van der Waals surface area contributed by atoms with Crippen LogP contribution in [0.15, 0.2) is 18.2 Å². The highest BCUT2D eigenvalue weighted by atomic mass is 16.5. The number of hydrogen-bond donors (Lipinski definition) is 1.